The molecule has 0 amide bonds. The van der Waals surface area contributed by atoms with Gasteiger partial charge in [-0.1, -0.05) is 12.1 Å². The van der Waals surface area contributed by atoms with Crippen LogP contribution in [0.25, 0.3) is 0 Å². The molecular weight excluding hydrogens is 299 g/mol. The van der Waals surface area contributed by atoms with E-state index in [1.54, 1.807) is 0 Å². The third-order valence-corrected chi connectivity index (χ3v) is 3.67. The number of imidazole rings is 1. The lowest BCUT2D eigenvalue weighted by Crippen LogP contribution is -2.45. The molecule has 0 spiro atoms. The molecule has 2 unspecified atom stereocenters. The number of fused-ring (bicyclic) bond motifs is 1. The zero-order valence-electron chi connectivity index (χ0n) is 11.2. The number of carboxylic acids is 1. The molecule has 0 saturated heterocycles. The Balaban J connectivity index is 1.95. The van der Waals surface area contributed by atoms with Crippen molar-refractivity contribution in [3.63, 3.8) is 0 Å². The van der Waals surface area contributed by atoms with Crippen LogP contribution in [-0.4, -0.2) is 27.1 Å². The lowest BCUT2D eigenvalue weighted by molar-refractivity contribution is -0.140. The Hall–Kier alpha value is -2.35. The smallest absolute Gasteiger partial charge is 0.416 e. The Morgan fingerprint density at radius 3 is 2.55 bits per heavy atom. The molecule has 1 aromatic heterocycles. The van der Waals surface area contributed by atoms with Crippen molar-refractivity contribution in [2.75, 3.05) is 0 Å². The summed E-state index contributed by atoms with van der Waals surface area (Å²) in [6.45, 7) is 0. The predicted molar refractivity (Wildman–Crippen MR) is 70.1 cm³/mol. The summed E-state index contributed by atoms with van der Waals surface area (Å²) in [7, 11) is 0. The fourth-order valence-corrected chi connectivity index (χ4v) is 2.56. The number of hydrogen-bond acceptors (Lipinski definition) is 3. The van der Waals surface area contributed by atoms with E-state index in [4.69, 9.17) is 0 Å². The van der Waals surface area contributed by atoms with Crippen LogP contribution in [0.5, 0.6) is 0 Å². The van der Waals surface area contributed by atoms with Crippen molar-refractivity contribution < 1.29 is 23.1 Å². The summed E-state index contributed by atoms with van der Waals surface area (Å²) in [6, 6.07) is 3.26. The lowest BCUT2D eigenvalue weighted by atomic mass is 9.93. The number of carbonyl (C=O) groups is 1. The van der Waals surface area contributed by atoms with Crippen LogP contribution in [0.4, 0.5) is 13.2 Å². The largest absolute Gasteiger partial charge is 0.480 e. The van der Waals surface area contributed by atoms with Crippen LogP contribution < -0.4 is 5.32 Å². The van der Waals surface area contributed by atoms with Gasteiger partial charge in [0.1, 0.15) is 6.04 Å². The molecule has 22 heavy (non-hydrogen) atoms. The third-order valence-electron chi connectivity index (χ3n) is 3.67. The van der Waals surface area contributed by atoms with Gasteiger partial charge in [0.15, 0.2) is 0 Å². The highest BCUT2D eigenvalue weighted by atomic mass is 19.4. The molecule has 0 aliphatic carbocycles. The van der Waals surface area contributed by atoms with Gasteiger partial charge in [-0.05, 0) is 17.7 Å². The molecule has 2 atom stereocenters. The second kappa shape index (κ2) is 5.13. The standard InChI is InChI=1S/C14H12F3N3O2/c15-14(16,17)8-3-1-7(2-4-8)11-12-9(18-6-19-12)5-10(20-11)13(21)22/h1-4,6,10-11,20H,5H2,(H,18,19)(H,21,22). The van der Waals surface area contributed by atoms with Crippen molar-refractivity contribution in [3.8, 4) is 0 Å². The second-order valence-electron chi connectivity index (χ2n) is 5.08. The van der Waals surface area contributed by atoms with Gasteiger partial charge in [-0.25, -0.2) is 4.98 Å². The van der Waals surface area contributed by atoms with Crippen molar-refractivity contribution in [1.82, 2.24) is 15.3 Å². The average Bonchev–Trinajstić information content (AvgIpc) is 2.93. The van der Waals surface area contributed by atoms with Gasteiger partial charge >= 0.3 is 12.1 Å². The molecule has 0 fully saturated rings. The number of nitrogens with zero attached hydrogens (tertiary/aromatic N) is 1. The van der Waals surface area contributed by atoms with Gasteiger partial charge in [-0.15, -0.1) is 0 Å². The van der Waals surface area contributed by atoms with Crippen LogP contribution in [0.1, 0.15) is 28.6 Å². The summed E-state index contributed by atoms with van der Waals surface area (Å²) >= 11 is 0. The molecule has 8 heteroatoms. The average molecular weight is 311 g/mol. The first-order valence-electron chi connectivity index (χ1n) is 6.54. The molecule has 0 saturated carbocycles. The Bertz CT molecular complexity index is 694. The molecule has 1 aromatic carbocycles. The maximum absolute atomic E-state index is 12.6. The number of nitrogens with one attached hydrogen (secondary N) is 2. The molecule has 0 radical (unpaired) electrons. The summed E-state index contributed by atoms with van der Waals surface area (Å²) in [5.41, 5.74) is 1.07. The summed E-state index contributed by atoms with van der Waals surface area (Å²) in [4.78, 5) is 18.2. The van der Waals surface area contributed by atoms with Crippen molar-refractivity contribution in [2.24, 2.45) is 0 Å². The van der Waals surface area contributed by atoms with Crippen LogP contribution in [-0.2, 0) is 17.4 Å². The quantitative estimate of drug-likeness (QED) is 0.794. The Kier molecular flexibility index (Phi) is 3.40. The third kappa shape index (κ3) is 2.57. The SMILES string of the molecule is O=C(O)C1Cc2[nH]cnc2C(c2ccc(C(F)(F)F)cc2)N1. The first-order chi connectivity index (χ1) is 10.4. The lowest BCUT2D eigenvalue weighted by Gasteiger charge is -2.28. The van der Waals surface area contributed by atoms with Crippen LogP contribution >= 0.6 is 0 Å². The van der Waals surface area contributed by atoms with Gasteiger partial charge in [0, 0.05) is 12.1 Å². The predicted octanol–water partition coefficient (Wildman–Crippen LogP) is 2.12. The molecule has 116 valence electrons. The second-order valence-corrected chi connectivity index (χ2v) is 5.08. The molecule has 1 aliphatic rings. The first kappa shape index (κ1) is 14.6. The molecule has 2 heterocycles. The van der Waals surface area contributed by atoms with E-state index in [2.05, 4.69) is 15.3 Å². The Morgan fingerprint density at radius 2 is 1.95 bits per heavy atom. The number of carboxylic acid groups (broad SMARTS) is 1. The van der Waals surface area contributed by atoms with Crippen LogP contribution in [0.2, 0.25) is 0 Å². The van der Waals surface area contributed by atoms with E-state index in [-0.39, 0.29) is 6.42 Å². The van der Waals surface area contributed by atoms with Crippen LogP contribution in [0.15, 0.2) is 30.6 Å². The molecule has 3 N–H and O–H groups in total. The van der Waals surface area contributed by atoms with E-state index in [0.717, 1.165) is 12.1 Å². The number of halogens is 3. The highest BCUT2D eigenvalue weighted by Crippen LogP contribution is 2.32. The van der Waals surface area contributed by atoms with E-state index in [9.17, 15) is 23.1 Å². The maximum Gasteiger partial charge on any atom is 0.416 e. The van der Waals surface area contributed by atoms with Crippen LogP contribution in [0, 0.1) is 0 Å². The van der Waals surface area contributed by atoms with Gasteiger partial charge in [0.25, 0.3) is 0 Å². The monoisotopic (exact) mass is 311 g/mol. The number of aliphatic carboxylic acids is 1. The number of aromatic nitrogens is 2. The topological polar surface area (TPSA) is 78.0 Å². The van der Waals surface area contributed by atoms with Crippen molar-refractivity contribution in [1.29, 1.82) is 0 Å². The van der Waals surface area contributed by atoms with E-state index < -0.39 is 29.8 Å². The molecule has 3 rings (SSSR count). The van der Waals surface area contributed by atoms with Gasteiger partial charge in [0.2, 0.25) is 0 Å². The minimum atomic E-state index is -4.40. The number of rotatable bonds is 2. The molecule has 1 aliphatic heterocycles. The van der Waals surface area contributed by atoms with Crippen LogP contribution in [0.3, 0.4) is 0 Å². The van der Waals surface area contributed by atoms with E-state index in [1.165, 1.54) is 18.5 Å². The summed E-state index contributed by atoms with van der Waals surface area (Å²) < 4.78 is 37.8. The zero-order chi connectivity index (χ0) is 15.9. The van der Waals surface area contributed by atoms with E-state index >= 15 is 0 Å². The number of alkyl halides is 3. The van der Waals surface area contributed by atoms with E-state index in [1.807, 2.05) is 0 Å². The van der Waals surface area contributed by atoms with E-state index in [0.29, 0.717) is 17.0 Å². The molecule has 2 aromatic rings. The minimum absolute atomic E-state index is 0.252. The van der Waals surface area contributed by atoms with Gasteiger partial charge in [0.05, 0.1) is 23.6 Å². The van der Waals surface area contributed by atoms with Gasteiger partial charge < -0.3 is 10.1 Å². The number of H-pyrrole nitrogens is 1. The molecular formula is C14H12F3N3O2. The summed E-state index contributed by atoms with van der Waals surface area (Å²) in [5, 5.41) is 12.1. The number of benzene rings is 1. The summed E-state index contributed by atoms with van der Waals surface area (Å²) in [6.07, 6.45) is -2.70. The van der Waals surface area contributed by atoms with Crippen molar-refractivity contribution in [3.05, 3.63) is 53.1 Å². The fraction of sp³-hybridized carbons (Fsp3) is 0.286. The summed E-state index contributed by atoms with van der Waals surface area (Å²) in [5.74, 6) is -1.02. The normalized spacial score (nSPS) is 21.4. The minimum Gasteiger partial charge on any atom is -0.480 e. The first-order valence-corrected chi connectivity index (χ1v) is 6.54. The van der Waals surface area contributed by atoms with Gasteiger partial charge in [-0.2, -0.15) is 13.2 Å². The van der Waals surface area contributed by atoms with Crippen molar-refractivity contribution >= 4 is 5.97 Å². The number of hydrogen-bond donors (Lipinski definition) is 3. The Labute approximate surface area is 123 Å². The highest BCUT2D eigenvalue weighted by Gasteiger charge is 2.34. The molecule has 0 bridgehead atoms. The maximum atomic E-state index is 12.6. The fourth-order valence-electron chi connectivity index (χ4n) is 2.56. The highest BCUT2D eigenvalue weighted by molar-refractivity contribution is 5.74. The molecule has 5 nitrogen and oxygen atoms in total. The van der Waals surface area contributed by atoms with Gasteiger partial charge in [-0.3, -0.25) is 10.1 Å². The zero-order valence-corrected chi connectivity index (χ0v) is 11.2. The van der Waals surface area contributed by atoms with Crippen molar-refractivity contribution in [2.45, 2.75) is 24.7 Å². The number of aromatic amines is 1. The Morgan fingerprint density at radius 1 is 1.27 bits per heavy atom.